The molecule has 9 heteroatoms. The number of piperazine rings is 1. The standard InChI is InChI=1S/C14H28N4O4S/c1-12-10-16(11-13(2)22-12)5-4-15-14(19)17-6-8-18(9-7-17)23(3,20)21/h12-13H,4-11H2,1-3H3,(H,15,19)/t12-,13-/m1/s1. The summed E-state index contributed by atoms with van der Waals surface area (Å²) in [6.07, 6.45) is 1.64. The van der Waals surface area contributed by atoms with Gasteiger partial charge in [-0.1, -0.05) is 0 Å². The molecule has 1 N–H and O–H groups in total. The third kappa shape index (κ3) is 5.59. The minimum Gasteiger partial charge on any atom is -0.373 e. The molecule has 2 heterocycles. The Balaban J connectivity index is 1.68. The number of nitrogens with zero attached hydrogens (tertiary/aromatic N) is 3. The Bertz CT molecular complexity index is 495. The van der Waals surface area contributed by atoms with Crippen molar-refractivity contribution in [2.24, 2.45) is 0 Å². The first-order valence-electron chi connectivity index (χ1n) is 8.11. The maximum absolute atomic E-state index is 12.1. The van der Waals surface area contributed by atoms with Crippen LogP contribution in [0.5, 0.6) is 0 Å². The summed E-state index contributed by atoms with van der Waals surface area (Å²) >= 11 is 0. The van der Waals surface area contributed by atoms with E-state index in [1.54, 1.807) is 4.90 Å². The summed E-state index contributed by atoms with van der Waals surface area (Å²) in [4.78, 5) is 16.1. The first-order valence-corrected chi connectivity index (χ1v) is 9.96. The Kier molecular flexibility index (Phi) is 6.24. The Morgan fingerprint density at radius 3 is 2.22 bits per heavy atom. The number of hydrogen-bond donors (Lipinski definition) is 1. The predicted molar refractivity (Wildman–Crippen MR) is 87.8 cm³/mol. The van der Waals surface area contributed by atoms with E-state index < -0.39 is 10.0 Å². The SMILES string of the molecule is C[C@@H]1CN(CCNC(=O)N2CCN(S(C)(=O)=O)CC2)C[C@@H](C)O1. The van der Waals surface area contributed by atoms with Crippen molar-refractivity contribution in [1.29, 1.82) is 0 Å². The van der Waals surface area contributed by atoms with Gasteiger partial charge in [0.15, 0.2) is 0 Å². The van der Waals surface area contributed by atoms with Gasteiger partial charge in [0, 0.05) is 52.4 Å². The average Bonchev–Trinajstić information content (AvgIpc) is 2.45. The normalized spacial score (nSPS) is 27.9. The van der Waals surface area contributed by atoms with Crippen molar-refractivity contribution in [1.82, 2.24) is 19.4 Å². The van der Waals surface area contributed by atoms with Crippen molar-refractivity contribution in [3.8, 4) is 0 Å². The van der Waals surface area contributed by atoms with Crippen LogP contribution in [0.15, 0.2) is 0 Å². The summed E-state index contributed by atoms with van der Waals surface area (Å²) in [5.41, 5.74) is 0. The average molecular weight is 348 g/mol. The van der Waals surface area contributed by atoms with Gasteiger partial charge in [0.1, 0.15) is 0 Å². The van der Waals surface area contributed by atoms with E-state index in [1.807, 2.05) is 0 Å². The first-order chi connectivity index (χ1) is 10.8. The highest BCUT2D eigenvalue weighted by Gasteiger charge is 2.26. The third-order valence-corrected chi connectivity index (χ3v) is 5.50. The van der Waals surface area contributed by atoms with Crippen molar-refractivity contribution in [3.63, 3.8) is 0 Å². The Morgan fingerprint density at radius 1 is 1.13 bits per heavy atom. The zero-order chi connectivity index (χ0) is 17.0. The van der Waals surface area contributed by atoms with Gasteiger partial charge >= 0.3 is 6.03 Å². The molecule has 2 amide bonds. The van der Waals surface area contributed by atoms with Crippen LogP contribution in [0.3, 0.4) is 0 Å². The number of carbonyl (C=O) groups excluding carboxylic acids is 1. The summed E-state index contributed by atoms with van der Waals surface area (Å²) in [5.74, 6) is 0. The van der Waals surface area contributed by atoms with Crippen LogP contribution in [0, 0.1) is 0 Å². The summed E-state index contributed by atoms with van der Waals surface area (Å²) in [5, 5.41) is 2.92. The fraction of sp³-hybridized carbons (Fsp3) is 0.929. The summed E-state index contributed by atoms with van der Waals surface area (Å²) in [6, 6.07) is -0.118. The molecule has 2 aliphatic heterocycles. The second kappa shape index (κ2) is 7.78. The van der Waals surface area contributed by atoms with Gasteiger partial charge in [-0.3, -0.25) is 4.90 Å². The van der Waals surface area contributed by atoms with Crippen molar-refractivity contribution in [3.05, 3.63) is 0 Å². The zero-order valence-corrected chi connectivity index (χ0v) is 15.0. The van der Waals surface area contributed by atoms with E-state index in [1.165, 1.54) is 10.6 Å². The van der Waals surface area contributed by atoms with Gasteiger partial charge in [0.2, 0.25) is 10.0 Å². The number of amides is 2. The van der Waals surface area contributed by atoms with Crippen LogP contribution in [0.4, 0.5) is 4.79 Å². The smallest absolute Gasteiger partial charge is 0.317 e. The molecule has 0 aromatic heterocycles. The second-order valence-electron chi connectivity index (χ2n) is 6.40. The van der Waals surface area contributed by atoms with E-state index in [0.29, 0.717) is 32.7 Å². The van der Waals surface area contributed by atoms with E-state index >= 15 is 0 Å². The molecule has 8 nitrogen and oxygen atoms in total. The molecule has 0 radical (unpaired) electrons. The summed E-state index contributed by atoms with van der Waals surface area (Å²) in [7, 11) is -3.16. The van der Waals surface area contributed by atoms with E-state index in [9.17, 15) is 13.2 Å². The Hall–Kier alpha value is -0.900. The third-order valence-electron chi connectivity index (χ3n) is 4.19. The van der Waals surface area contributed by atoms with Crippen molar-refractivity contribution < 1.29 is 17.9 Å². The number of nitrogens with one attached hydrogen (secondary N) is 1. The highest BCUT2D eigenvalue weighted by molar-refractivity contribution is 7.88. The van der Waals surface area contributed by atoms with Gasteiger partial charge in [-0.05, 0) is 13.8 Å². The second-order valence-corrected chi connectivity index (χ2v) is 8.38. The number of morpholine rings is 1. The van der Waals surface area contributed by atoms with Crippen molar-refractivity contribution >= 4 is 16.1 Å². The van der Waals surface area contributed by atoms with Gasteiger partial charge in [0.05, 0.1) is 18.5 Å². The number of urea groups is 1. The van der Waals surface area contributed by atoms with Gasteiger partial charge in [-0.25, -0.2) is 13.2 Å². The Labute approximate surface area is 138 Å². The molecule has 0 bridgehead atoms. The quantitative estimate of drug-likeness (QED) is 0.732. The van der Waals surface area contributed by atoms with Crippen LogP contribution in [0.1, 0.15) is 13.8 Å². The lowest BCUT2D eigenvalue weighted by atomic mass is 10.2. The molecule has 0 saturated carbocycles. The van der Waals surface area contributed by atoms with Gasteiger partial charge in [-0.2, -0.15) is 4.31 Å². The summed E-state index contributed by atoms with van der Waals surface area (Å²) in [6.45, 7) is 8.87. The number of carbonyl (C=O) groups is 1. The molecule has 0 spiro atoms. The molecular weight excluding hydrogens is 320 g/mol. The van der Waals surface area contributed by atoms with Gasteiger partial charge in [0.25, 0.3) is 0 Å². The fourth-order valence-electron chi connectivity index (χ4n) is 3.12. The van der Waals surface area contributed by atoms with Crippen LogP contribution in [0.25, 0.3) is 0 Å². The topological polar surface area (TPSA) is 82.2 Å². The number of sulfonamides is 1. The summed E-state index contributed by atoms with van der Waals surface area (Å²) < 4.78 is 30.0. The maximum Gasteiger partial charge on any atom is 0.317 e. The number of rotatable bonds is 4. The molecule has 23 heavy (non-hydrogen) atoms. The van der Waals surface area contributed by atoms with Crippen LogP contribution >= 0.6 is 0 Å². The van der Waals surface area contributed by atoms with Crippen LogP contribution < -0.4 is 5.32 Å². The predicted octanol–water partition coefficient (Wildman–Crippen LogP) is -0.618. The lowest BCUT2D eigenvalue weighted by Gasteiger charge is -2.36. The molecular formula is C14H28N4O4S. The van der Waals surface area contributed by atoms with Crippen molar-refractivity contribution in [2.45, 2.75) is 26.1 Å². The largest absolute Gasteiger partial charge is 0.373 e. The number of ether oxygens (including phenoxy) is 1. The van der Waals surface area contributed by atoms with Crippen LogP contribution in [-0.2, 0) is 14.8 Å². The first kappa shape index (κ1) is 18.4. The molecule has 0 unspecified atom stereocenters. The van der Waals surface area contributed by atoms with Gasteiger partial charge < -0.3 is 15.0 Å². The highest BCUT2D eigenvalue weighted by atomic mass is 32.2. The zero-order valence-electron chi connectivity index (χ0n) is 14.2. The molecule has 0 aromatic rings. The molecule has 0 aromatic carbocycles. The van der Waals surface area contributed by atoms with Crippen LogP contribution in [-0.4, -0.2) is 99.4 Å². The maximum atomic E-state index is 12.1. The van der Waals surface area contributed by atoms with E-state index in [2.05, 4.69) is 24.1 Å². The van der Waals surface area contributed by atoms with E-state index in [0.717, 1.165) is 19.6 Å². The minimum absolute atomic E-state index is 0.118. The molecule has 2 atom stereocenters. The molecule has 2 rings (SSSR count). The monoisotopic (exact) mass is 348 g/mol. The van der Waals surface area contributed by atoms with Crippen molar-refractivity contribution in [2.75, 3.05) is 58.6 Å². The molecule has 2 fully saturated rings. The Morgan fingerprint density at radius 2 is 1.70 bits per heavy atom. The molecule has 0 aliphatic carbocycles. The molecule has 2 aliphatic rings. The lowest BCUT2D eigenvalue weighted by molar-refractivity contribution is -0.0672. The number of hydrogen-bond acceptors (Lipinski definition) is 5. The van der Waals surface area contributed by atoms with E-state index in [-0.39, 0.29) is 18.2 Å². The fourth-order valence-corrected chi connectivity index (χ4v) is 3.95. The van der Waals surface area contributed by atoms with E-state index in [4.69, 9.17) is 4.74 Å². The molecule has 134 valence electrons. The van der Waals surface area contributed by atoms with Gasteiger partial charge in [-0.15, -0.1) is 0 Å². The highest BCUT2D eigenvalue weighted by Crippen LogP contribution is 2.10. The lowest BCUT2D eigenvalue weighted by Crippen LogP contribution is -2.54. The molecule has 2 saturated heterocycles. The van der Waals surface area contributed by atoms with Crippen LogP contribution in [0.2, 0.25) is 0 Å². The minimum atomic E-state index is -3.16.